The highest BCUT2D eigenvalue weighted by molar-refractivity contribution is 7.89. The second-order valence-electron chi connectivity index (χ2n) is 9.32. The molecule has 3 aromatic rings. The second kappa shape index (κ2) is 10.0. The van der Waals surface area contributed by atoms with E-state index in [2.05, 4.69) is 19.1 Å². The van der Waals surface area contributed by atoms with Gasteiger partial charge in [-0.25, -0.2) is 8.42 Å². The third-order valence-corrected chi connectivity index (χ3v) is 8.54. The molecule has 7 heteroatoms. The summed E-state index contributed by atoms with van der Waals surface area (Å²) < 4.78 is 46.4. The lowest BCUT2D eigenvalue weighted by Gasteiger charge is -2.21. The molecular weight excluding hydrogens is 462 g/mol. The fourth-order valence-electron chi connectivity index (χ4n) is 4.61. The molecule has 6 nitrogen and oxygen atoms in total. The van der Waals surface area contributed by atoms with Gasteiger partial charge in [-0.2, -0.15) is 4.31 Å². The van der Waals surface area contributed by atoms with E-state index in [1.165, 1.54) is 4.31 Å². The molecule has 0 radical (unpaired) electrons. The highest BCUT2D eigenvalue weighted by atomic mass is 32.2. The summed E-state index contributed by atoms with van der Waals surface area (Å²) in [6.07, 6.45) is 0.975. The minimum Gasteiger partial charge on any atom is -0.489 e. The standard InChI is InChI=1S/C28H31NO5S/c1-20-7-9-25(10-8-20)35(30,31)29-12-14-33-28-24(17-29)15-23(26-6-4-3-5-21(26)2)16-27(28)34-19-22-11-13-32-18-22/h3-10,15-16,22H,11-14,17-19H2,1-2H3. The summed E-state index contributed by atoms with van der Waals surface area (Å²) in [7, 11) is -3.67. The highest BCUT2D eigenvalue weighted by Crippen LogP contribution is 2.40. The molecule has 0 saturated carbocycles. The van der Waals surface area contributed by atoms with Crippen molar-refractivity contribution in [2.24, 2.45) is 5.92 Å². The first kappa shape index (κ1) is 23.9. The molecule has 2 heterocycles. The number of fused-ring (bicyclic) bond motifs is 1. The Labute approximate surface area is 207 Å². The van der Waals surface area contributed by atoms with Crippen molar-refractivity contribution in [1.29, 1.82) is 0 Å². The Kier molecular flexibility index (Phi) is 6.82. The van der Waals surface area contributed by atoms with Crippen molar-refractivity contribution in [3.63, 3.8) is 0 Å². The van der Waals surface area contributed by atoms with Gasteiger partial charge in [-0.15, -0.1) is 0 Å². The predicted molar refractivity (Wildman–Crippen MR) is 135 cm³/mol. The van der Waals surface area contributed by atoms with Gasteiger partial charge in [0.05, 0.1) is 18.1 Å². The van der Waals surface area contributed by atoms with Crippen molar-refractivity contribution in [3.8, 4) is 22.6 Å². The molecule has 1 fully saturated rings. The Bertz CT molecular complexity index is 1300. The SMILES string of the molecule is Cc1ccc(S(=O)(=O)N2CCOc3c(cc(-c4ccccc4C)cc3OCC3CCOC3)C2)cc1. The molecule has 2 aliphatic heterocycles. The maximum Gasteiger partial charge on any atom is 0.243 e. The number of aryl methyl sites for hydroxylation is 2. The molecule has 0 aliphatic carbocycles. The van der Waals surface area contributed by atoms with Gasteiger partial charge in [0.25, 0.3) is 0 Å². The van der Waals surface area contributed by atoms with Crippen LogP contribution in [0.5, 0.6) is 11.5 Å². The first-order chi connectivity index (χ1) is 16.9. The summed E-state index contributed by atoms with van der Waals surface area (Å²) in [5.41, 5.74) is 5.03. The number of hydrogen-bond acceptors (Lipinski definition) is 5. The van der Waals surface area contributed by atoms with Crippen LogP contribution in [-0.2, 0) is 21.3 Å². The number of rotatable bonds is 6. The van der Waals surface area contributed by atoms with Crippen molar-refractivity contribution in [2.75, 3.05) is 33.0 Å². The van der Waals surface area contributed by atoms with Gasteiger partial charge in [0.15, 0.2) is 11.5 Å². The van der Waals surface area contributed by atoms with Gasteiger partial charge in [-0.05, 0) is 61.2 Å². The van der Waals surface area contributed by atoms with Crippen LogP contribution in [0.25, 0.3) is 11.1 Å². The summed E-state index contributed by atoms with van der Waals surface area (Å²) in [6.45, 7) is 6.75. The Balaban J connectivity index is 1.53. The maximum absolute atomic E-state index is 13.5. The molecule has 0 amide bonds. The van der Waals surface area contributed by atoms with Crippen LogP contribution in [-0.4, -0.2) is 45.7 Å². The van der Waals surface area contributed by atoms with Gasteiger partial charge < -0.3 is 14.2 Å². The van der Waals surface area contributed by atoms with Crippen LogP contribution in [0.3, 0.4) is 0 Å². The summed E-state index contributed by atoms with van der Waals surface area (Å²) in [6, 6.07) is 19.2. The van der Waals surface area contributed by atoms with Crippen LogP contribution < -0.4 is 9.47 Å². The predicted octanol–water partition coefficient (Wildman–Crippen LogP) is 4.97. The van der Waals surface area contributed by atoms with Crippen molar-refractivity contribution in [1.82, 2.24) is 4.31 Å². The molecule has 1 saturated heterocycles. The molecule has 1 unspecified atom stereocenters. The minimum atomic E-state index is -3.67. The number of sulfonamides is 1. The zero-order valence-electron chi connectivity index (χ0n) is 20.2. The summed E-state index contributed by atoms with van der Waals surface area (Å²) in [4.78, 5) is 0.291. The topological polar surface area (TPSA) is 65.1 Å². The first-order valence-electron chi connectivity index (χ1n) is 12.0. The molecule has 1 atom stereocenters. The van der Waals surface area contributed by atoms with Gasteiger partial charge in [0.1, 0.15) is 6.61 Å². The fourth-order valence-corrected chi connectivity index (χ4v) is 6.01. The zero-order valence-corrected chi connectivity index (χ0v) is 21.0. The van der Waals surface area contributed by atoms with E-state index in [4.69, 9.17) is 14.2 Å². The lowest BCUT2D eigenvalue weighted by molar-refractivity contribution is 0.165. The molecule has 0 N–H and O–H groups in total. The molecule has 0 spiro atoms. The monoisotopic (exact) mass is 493 g/mol. The average molecular weight is 494 g/mol. The van der Waals surface area contributed by atoms with Crippen LogP contribution >= 0.6 is 0 Å². The van der Waals surface area contributed by atoms with Crippen LogP contribution in [0, 0.1) is 19.8 Å². The van der Waals surface area contributed by atoms with Gasteiger partial charge >= 0.3 is 0 Å². The third-order valence-electron chi connectivity index (χ3n) is 6.68. The van der Waals surface area contributed by atoms with Gasteiger partial charge in [-0.1, -0.05) is 42.0 Å². The molecule has 184 valence electrons. The number of benzene rings is 3. The van der Waals surface area contributed by atoms with E-state index in [1.807, 2.05) is 43.3 Å². The Morgan fingerprint density at radius 3 is 2.57 bits per heavy atom. The van der Waals surface area contributed by atoms with E-state index in [0.717, 1.165) is 40.8 Å². The first-order valence-corrected chi connectivity index (χ1v) is 13.5. The van der Waals surface area contributed by atoms with Crippen molar-refractivity contribution in [2.45, 2.75) is 31.7 Å². The van der Waals surface area contributed by atoms with Gasteiger partial charge in [-0.3, -0.25) is 0 Å². The maximum atomic E-state index is 13.5. The van der Waals surface area contributed by atoms with E-state index in [-0.39, 0.29) is 19.7 Å². The Hall–Kier alpha value is -2.87. The molecule has 2 aliphatic rings. The molecule has 0 aromatic heterocycles. The highest BCUT2D eigenvalue weighted by Gasteiger charge is 2.30. The summed E-state index contributed by atoms with van der Waals surface area (Å²) >= 11 is 0. The number of hydrogen-bond donors (Lipinski definition) is 0. The molecular formula is C28H31NO5S. The summed E-state index contributed by atoms with van der Waals surface area (Å²) in [5.74, 6) is 1.63. The van der Waals surface area contributed by atoms with E-state index in [9.17, 15) is 8.42 Å². The largest absolute Gasteiger partial charge is 0.489 e. The van der Waals surface area contributed by atoms with E-state index < -0.39 is 10.0 Å². The molecule has 0 bridgehead atoms. The molecule has 35 heavy (non-hydrogen) atoms. The molecule has 3 aromatic carbocycles. The molecule has 5 rings (SSSR count). The van der Waals surface area contributed by atoms with Crippen LogP contribution in [0.4, 0.5) is 0 Å². The average Bonchev–Trinajstić information content (AvgIpc) is 3.27. The normalized spacial score (nSPS) is 18.5. The quantitative estimate of drug-likeness (QED) is 0.485. The fraction of sp³-hybridized carbons (Fsp3) is 0.357. The van der Waals surface area contributed by atoms with Crippen LogP contribution in [0.2, 0.25) is 0 Å². The number of ether oxygens (including phenoxy) is 3. The van der Waals surface area contributed by atoms with Crippen molar-refractivity contribution >= 4 is 10.0 Å². The smallest absolute Gasteiger partial charge is 0.243 e. The zero-order chi connectivity index (χ0) is 24.4. The summed E-state index contributed by atoms with van der Waals surface area (Å²) in [5, 5.41) is 0. The van der Waals surface area contributed by atoms with Crippen molar-refractivity contribution < 1.29 is 22.6 Å². The lowest BCUT2D eigenvalue weighted by Crippen LogP contribution is -2.32. The van der Waals surface area contributed by atoms with E-state index in [1.54, 1.807) is 12.1 Å². The van der Waals surface area contributed by atoms with Crippen LogP contribution in [0.15, 0.2) is 65.6 Å². The van der Waals surface area contributed by atoms with Crippen LogP contribution in [0.1, 0.15) is 23.1 Å². The van der Waals surface area contributed by atoms with Gasteiger partial charge in [0.2, 0.25) is 10.0 Å². The number of nitrogens with zero attached hydrogens (tertiary/aromatic N) is 1. The second-order valence-corrected chi connectivity index (χ2v) is 11.3. The van der Waals surface area contributed by atoms with Crippen molar-refractivity contribution in [3.05, 3.63) is 77.4 Å². The third kappa shape index (κ3) is 5.08. The lowest BCUT2D eigenvalue weighted by atomic mass is 9.98. The van der Waals surface area contributed by atoms with Gasteiger partial charge in [0, 0.05) is 31.2 Å². The van der Waals surface area contributed by atoms with E-state index >= 15 is 0 Å². The Morgan fingerprint density at radius 2 is 1.83 bits per heavy atom. The van der Waals surface area contributed by atoms with E-state index in [0.29, 0.717) is 35.5 Å². The minimum absolute atomic E-state index is 0.216. The Morgan fingerprint density at radius 1 is 1.03 bits per heavy atom.